The summed E-state index contributed by atoms with van der Waals surface area (Å²) in [5, 5.41) is 2.73. The second-order valence-corrected chi connectivity index (χ2v) is 4.06. The van der Waals surface area contributed by atoms with Crippen molar-refractivity contribution in [3.05, 3.63) is 48.0 Å². The summed E-state index contributed by atoms with van der Waals surface area (Å²) in [6.45, 7) is 8.60. The van der Waals surface area contributed by atoms with Crippen LogP contribution >= 0.6 is 0 Å². The fraction of sp³-hybridized carbons (Fsp3) is 0.357. The van der Waals surface area contributed by atoms with Crippen LogP contribution in [0.1, 0.15) is 29.8 Å². The first-order valence-corrected chi connectivity index (χ1v) is 5.73. The molecule has 0 aliphatic heterocycles. The summed E-state index contributed by atoms with van der Waals surface area (Å²) in [5.41, 5.74) is 1.72. The lowest BCUT2D eigenvalue weighted by molar-refractivity contribution is 0.0657. The van der Waals surface area contributed by atoms with E-state index in [0.29, 0.717) is 18.7 Å². The smallest absolute Gasteiger partial charge is 0.251 e. The summed E-state index contributed by atoms with van der Waals surface area (Å²) in [5.74, 6) is -0.0822. The molecule has 0 aliphatic rings. The molecule has 0 unspecified atom stereocenters. The predicted octanol–water partition coefficient (Wildman–Crippen LogP) is 2.53. The molecule has 0 radical (unpaired) electrons. The Labute approximate surface area is 102 Å². The van der Waals surface area contributed by atoms with E-state index in [1.165, 1.54) is 0 Å². The van der Waals surface area contributed by atoms with E-state index in [2.05, 4.69) is 11.9 Å². The van der Waals surface area contributed by atoms with Gasteiger partial charge in [0.05, 0.1) is 12.7 Å². The van der Waals surface area contributed by atoms with Gasteiger partial charge in [0, 0.05) is 12.1 Å². The van der Waals surface area contributed by atoms with Crippen LogP contribution in [0.2, 0.25) is 0 Å². The summed E-state index contributed by atoms with van der Waals surface area (Å²) in [6.07, 6.45) is 1.87. The molecule has 1 rings (SSSR count). The van der Waals surface area contributed by atoms with Crippen molar-refractivity contribution in [3.63, 3.8) is 0 Å². The van der Waals surface area contributed by atoms with Gasteiger partial charge in [-0.15, -0.1) is 6.58 Å². The first kappa shape index (κ1) is 13.5. The predicted molar refractivity (Wildman–Crippen MR) is 68.9 cm³/mol. The molecule has 1 aromatic carbocycles. The molecule has 1 amide bonds. The summed E-state index contributed by atoms with van der Waals surface area (Å²) in [4.78, 5) is 11.6. The van der Waals surface area contributed by atoms with Crippen LogP contribution in [0.15, 0.2) is 36.9 Å². The highest BCUT2D eigenvalue weighted by molar-refractivity contribution is 5.94. The second kappa shape index (κ2) is 6.86. The Morgan fingerprint density at radius 2 is 2.06 bits per heavy atom. The second-order valence-electron chi connectivity index (χ2n) is 4.06. The van der Waals surface area contributed by atoms with E-state index in [1.807, 2.05) is 26.0 Å². The first-order chi connectivity index (χ1) is 8.13. The minimum absolute atomic E-state index is 0.0822. The van der Waals surface area contributed by atoms with Gasteiger partial charge >= 0.3 is 0 Å². The van der Waals surface area contributed by atoms with Crippen LogP contribution < -0.4 is 5.32 Å². The monoisotopic (exact) mass is 233 g/mol. The van der Waals surface area contributed by atoms with E-state index >= 15 is 0 Å². The average molecular weight is 233 g/mol. The van der Waals surface area contributed by atoms with E-state index in [1.54, 1.807) is 18.2 Å². The van der Waals surface area contributed by atoms with E-state index in [4.69, 9.17) is 4.74 Å². The van der Waals surface area contributed by atoms with Crippen LogP contribution in [0, 0.1) is 0 Å². The molecule has 92 valence electrons. The van der Waals surface area contributed by atoms with E-state index < -0.39 is 0 Å². The molecule has 0 saturated heterocycles. The van der Waals surface area contributed by atoms with Crippen molar-refractivity contribution >= 4 is 5.91 Å². The van der Waals surface area contributed by atoms with E-state index in [0.717, 1.165) is 5.56 Å². The highest BCUT2D eigenvalue weighted by atomic mass is 16.5. The number of nitrogens with one attached hydrogen (secondary N) is 1. The molecular formula is C14H19NO2. The molecule has 0 spiro atoms. The number of carbonyl (C=O) groups excluding carboxylic acids is 1. The molecule has 17 heavy (non-hydrogen) atoms. The molecule has 0 fully saturated rings. The maximum atomic E-state index is 11.6. The number of amides is 1. The van der Waals surface area contributed by atoms with Gasteiger partial charge in [0.2, 0.25) is 0 Å². The molecule has 0 bridgehead atoms. The van der Waals surface area contributed by atoms with Gasteiger partial charge in [-0.25, -0.2) is 0 Å². The van der Waals surface area contributed by atoms with Gasteiger partial charge in [0.1, 0.15) is 0 Å². The zero-order chi connectivity index (χ0) is 12.7. The topological polar surface area (TPSA) is 38.3 Å². The van der Waals surface area contributed by atoms with Crippen LogP contribution in [0.5, 0.6) is 0 Å². The van der Waals surface area contributed by atoms with Crippen molar-refractivity contribution in [3.8, 4) is 0 Å². The largest absolute Gasteiger partial charge is 0.374 e. The lowest BCUT2D eigenvalue weighted by atomic mass is 10.1. The summed E-state index contributed by atoms with van der Waals surface area (Å²) in [7, 11) is 0. The highest BCUT2D eigenvalue weighted by Gasteiger charge is 2.03. The van der Waals surface area contributed by atoms with Crippen molar-refractivity contribution in [1.82, 2.24) is 5.32 Å². The molecule has 0 heterocycles. The third-order valence-corrected chi connectivity index (χ3v) is 2.21. The molecule has 0 aliphatic carbocycles. The number of hydrogen-bond donors (Lipinski definition) is 1. The van der Waals surface area contributed by atoms with E-state index in [-0.39, 0.29) is 12.0 Å². The first-order valence-electron chi connectivity index (χ1n) is 5.73. The Morgan fingerprint density at radius 3 is 2.59 bits per heavy atom. The summed E-state index contributed by atoms with van der Waals surface area (Å²) in [6, 6.07) is 7.42. The standard InChI is InChI=1S/C14H19NO2/c1-4-9-15-14(16)13-7-5-12(6-8-13)10-17-11(2)3/h4-8,11H,1,9-10H2,2-3H3,(H,15,16). The van der Waals surface area contributed by atoms with Crippen LogP contribution in [-0.2, 0) is 11.3 Å². The van der Waals surface area contributed by atoms with Crippen molar-refractivity contribution < 1.29 is 9.53 Å². The van der Waals surface area contributed by atoms with Crippen LogP contribution in [0.3, 0.4) is 0 Å². The zero-order valence-electron chi connectivity index (χ0n) is 10.4. The molecule has 0 saturated carbocycles. The van der Waals surface area contributed by atoms with Crippen molar-refractivity contribution in [2.24, 2.45) is 0 Å². The number of carbonyl (C=O) groups is 1. The van der Waals surface area contributed by atoms with Gasteiger partial charge in [-0.05, 0) is 31.5 Å². The maximum Gasteiger partial charge on any atom is 0.251 e. The van der Waals surface area contributed by atoms with Crippen LogP contribution in [-0.4, -0.2) is 18.6 Å². The fourth-order valence-electron chi connectivity index (χ4n) is 1.28. The molecule has 0 aromatic heterocycles. The molecule has 3 nitrogen and oxygen atoms in total. The maximum absolute atomic E-state index is 11.6. The Balaban J connectivity index is 2.55. The van der Waals surface area contributed by atoms with Gasteiger partial charge in [0.25, 0.3) is 5.91 Å². The van der Waals surface area contributed by atoms with Gasteiger partial charge in [0.15, 0.2) is 0 Å². The lowest BCUT2D eigenvalue weighted by Crippen LogP contribution is -2.23. The Morgan fingerprint density at radius 1 is 1.41 bits per heavy atom. The summed E-state index contributed by atoms with van der Waals surface area (Å²) < 4.78 is 5.48. The highest BCUT2D eigenvalue weighted by Crippen LogP contribution is 2.07. The molecule has 1 aromatic rings. The Hall–Kier alpha value is -1.61. The van der Waals surface area contributed by atoms with Gasteiger partial charge in [-0.3, -0.25) is 4.79 Å². The normalized spacial score (nSPS) is 10.3. The van der Waals surface area contributed by atoms with Gasteiger partial charge < -0.3 is 10.1 Å². The van der Waals surface area contributed by atoms with Gasteiger partial charge in [-0.2, -0.15) is 0 Å². The molecule has 1 N–H and O–H groups in total. The number of benzene rings is 1. The van der Waals surface area contributed by atoms with Crippen molar-refractivity contribution in [2.75, 3.05) is 6.54 Å². The number of ether oxygens (including phenoxy) is 1. The number of rotatable bonds is 6. The van der Waals surface area contributed by atoms with Crippen LogP contribution in [0.25, 0.3) is 0 Å². The Kier molecular flexibility index (Phi) is 5.43. The minimum Gasteiger partial charge on any atom is -0.374 e. The summed E-state index contributed by atoms with van der Waals surface area (Å²) >= 11 is 0. The van der Waals surface area contributed by atoms with E-state index in [9.17, 15) is 4.79 Å². The van der Waals surface area contributed by atoms with Crippen molar-refractivity contribution in [1.29, 1.82) is 0 Å². The minimum atomic E-state index is -0.0822. The SMILES string of the molecule is C=CCNC(=O)c1ccc(COC(C)C)cc1. The zero-order valence-corrected chi connectivity index (χ0v) is 10.4. The third kappa shape index (κ3) is 4.83. The quantitative estimate of drug-likeness (QED) is 0.767. The van der Waals surface area contributed by atoms with Gasteiger partial charge in [-0.1, -0.05) is 18.2 Å². The molecular weight excluding hydrogens is 214 g/mol. The van der Waals surface area contributed by atoms with Crippen molar-refractivity contribution in [2.45, 2.75) is 26.6 Å². The Bertz CT molecular complexity index is 368. The van der Waals surface area contributed by atoms with Crippen LogP contribution in [0.4, 0.5) is 0 Å². The number of hydrogen-bond acceptors (Lipinski definition) is 2. The molecule has 0 atom stereocenters. The lowest BCUT2D eigenvalue weighted by Gasteiger charge is -2.08. The molecule has 3 heteroatoms. The third-order valence-electron chi connectivity index (χ3n) is 2.21. The average Bonchev–Trinajstić information content (AvgIpc) is 2.34. The fourth-order valence-corrected chi connectivity index (χ4v) is 1.28.